The van der Waals surface area contributed by atoms with Crippen molar-refractivity contribution in [3.63, 3.8) is 0 Å². The lowest BCUT2D eigenvalue weighted by Gasteiger charge is -2.13. The molecule has 0 aromatic carbocycles. The summed E-state index contributed by atoms with van der Waals surface area (Å²) in [7, 11) is 0. The first-order valence-corrected chi connectivity index (χ1v) is 8.46. The molecule has 0 saturated carbocycles. The molecule has 0 unspecified atom stereocenters. The maximum absolute atomic E-state index is 12.6. The molecule has 3 heterocycles. The number of hydrogen-bond donors (Lipinski definition) is 0. The second kappa shape index (κ2) is 8.20. The molecule has 0 atom stereocenters. The van der Waals surface area contributed by atoms with Crippen LogP contribution in [0.3, 0.4) is 0 Å². The summed E-state index contributed by atoms with van der Waals surface area (Å²) >= 11 is 0. The molecule has 0 aliphatic carbocycles. The Morgan fingerprint density at radius 3 is 2.75 bits per heavy atom. The number of carbonyl (C=O) groups excluding carboxylic acids is 1. The highest BCUT2D eigenvalue weighted by Crippen LogP contribution is 2.26. The van der Waals surface area contributed by atoms with Gasteiger partial charge in [0.2, 0.25) is 0 Å². The fraction of sp³-hybridized carbons (Fsp3) is 0.263. The first-order chi connectivity index (χ1) is 13.4. The van der Waals surface area contributed by atoms with Gasteiger partial charge in [0, 0.05) is 23.7 Å². The average molecular weight is 390 g/mol. The van der Waals surface area contributed by atoms with Gasteiger partial charge < -0.3 is 4.74 Å². The molecule has 0 saturated heterocycles. The highest BCUT2D eigenvalue weighted by Gasteiger charge is 2.27. The number of halogens is 3. The third-order valence-electron chi connectivity index (χ3n) is 3.98. The lowest BCUT2D eigenvalue weighted by atomic mass is 10.1. The number of ether oxygens (including phenoxy) is 1. The van der Waals surface area contributed by atoms with Gasteiger partial charge in [-0.3, -0.25) is 14.5 Å². The number of aryl methyl sites for hydroxylation is 2. The van der Waals surface area contributed by atoms with E-state index in [-0.39, 0.29) is 18.8 Å². The molecule has 3 rings (SSSR count). The highest BCUT2D eigenvalue weighted by molar-refractivity contribution is 5.76. The molecule has 0 aliphatic heterocycles. The van der Waals surface area contributed by atoms with Crippen molar-refractivity contribution in [1.29, 1.82) is 0 Å². The Balaban J connectivity index is 1.83. The lowest BCUT2D eigenvalue weighted by Crippen LogP contribution is -2.14. The van der Waals surface area contributed by atoms with Gasteiger partial charge in [-0.15, -0.1) is 0 Å². The maximum atomic E-state index is 12.6. The third-order valence-corrected chi connectivity index (χ3v) is 3.98. The molecule has 3 aromatic heterocycles. The van der Waals surface area contributed by atoms with Crippen molar-refractivity contribution >= 4 is 6.29 Å². The van der Waals surface area contributed by atoms with E-state index >= 15 is 0 Å². The van der Waals surface area contributed by atoms with E-state index in [0.717, 1.165) is 0 Å². The van der Waals surface area contributed by atoms with Crippen LogP contribution in [0.25, 0.3) is 11.4 Å². The summed E-state index contributed by atoms with van der Waals surface area (Å²) in [5.41, 5.74) is 2.44. The van der Waals surface area contributed by atoms with E-state index in [2.05, 4.69) is 15.1 Å². The predicted molar refractivity (Wildman–Crippen MR) is 94.8 cm³/mol. The molecule has 146 valence electrons. The molecule has 9 heteroatoms. The van der Waals surface area contributed by atoms with E-state index in [1.165, 1.54) is 10.9 Å². The molecule has 0 radical (unpaired) electrons. The zero-order valence-corrected chi connectivity index (χ0v) is 15.0. The Kier molecular flexibility index (Phi) is 5.72. The maximum Gasteiger partial charge on any atom is 0.390 e. The first-order valence-electron chi connectivity index (χ1n) is 8.46. The number of nitrogens with zero attached hydrogens (tertiary/aromatic N) is 4. The van der Waals surface area contributed by atoms with Crippen LogP contribution in [0.15, 0.2) is 42.7 Å². The molecule has 28 heavy (non-hydrogen) atoms. The van der Waals surface area contributed by atoms with Gasteiger partial charge in [-0.05, 0) is 31.2 Å². The summed E-state index contributed by atoms with van der Waals surface area (Å²) in [6.07, 6.45) is -1.68. The van der Waals surface area contributed by atoms with Crippen LogP contribution in [0.1, 0.15) is 28.2 Å². The molecule has 0 bridgehead atoms. The monoisotopic (exact) mass is 390 g/mol. The Bertz CT molecular complexity index is 970. The normalized spacial score (nSPS) is 11.4. The van der Waals surface area contributed by atoms with E-state index in [0.29, 0.717) is 34.7 Å². The number of pyridine rings is 2. The number of aldehydes is 1. The fourth-order valence-electron chi connectivity index (χ4n) is 2.66. The number of carbonyl (C=O) groups is 1. The SMILES string of the molecule is Cc1ccc(OCc2cccnc2-c2ccnn2CCC(F)(F)F)c(C=O)n1. The van der Waals surface area contributed by atoms with Crippen LogP contribution in [-0.4, -0.2) is 32.2 Å². The molecular weight excluding hydrogens is 373 g/mol. The van der Waals surface area contributed by atoms with E-state index in [1.807, 2.05) is 0 Å². The van der Waals surface area contributed by atoms with Crippen LogP contribution in [0.5, 0.6) is 5.75 Å². The standard InChI is InChI=1S/C19H17F3N4O2/c1-13-4-5-17(15(11-27)25-13)28-12-14-3-2-8-23-18(14)16-6-9-24-26(16)10-7-19(20,21)22/h2-6,8-9,11H,7,10,12H2,1H3. The van der Waals surface area contributed by atoms with Crippen molar-refractivity contribution < 1.29 is 22.7 Å². The summed E-state index contributed by atoms with van der Waals surface area (Å²) in [5, 5.41) is 3.97. The molecule has 3 aromatic rings. The van der Waals surface area contributed by atoms with E-state index in [4.69, 9.17) is 4.74 Å². The molecular formula is C19H17F3N4O2. The van der Waals surface area contributed by atoms with Crippen molar-refractivity contribution in [2.24, 2.45) is 0 Å². The molecule has 0 aliphatic rings. The van der Waals surface area contributed by atoms with E-state index in [1.54, 1.807) is 43.5 Å². The second-order valence-electron chi connectivity index (χ2n) is 6.06. The summed E-state index contributed by atoms with van der Waals surface area (Å²) < 4.78 is 44.7. The van der Waals surface area contributed by atoms with E-state index < -0.39 is 12.6 Å². The fourth-order valence-corrected chi connectivity index (χ4v) is 2.66. The summed E-state index contributed by atoms with van der Waals surface area (Å²) in [5.74, 6) is 0.320. The summed E-state index contributed by atoms with van der Waals surface area (Å²) in [4.78, 5) is 19.6. The quantitative estimate of drug-likeness (QED) is 0.571. The highest BCUT2D eigenvalue weighted by atomic mass is 19.4. The smallest absolute Gasteiger partial charge is 0.390 e. The van der Waals surface area contributed by atoms with Gasteiger partial charge in [-0.2, -0.15) is 18.3 Å². The summed E-state index contributed by atoms with van der Waals surface area (Å²) in [6.45, 7) is 1.52. The second-order valence-corrected chi connectivity index (χ2v) is 6.06. The molecule has 0 N–H and O–H groups in total. The topological polar surface area (TPSA) is 69.9 Å². The average Bonchev–Trinajstić information content (AvgIpc) is 3.13. The minimum Gasteiger partial charge on any atom is -0.486 e. The zero-order valence-electron chi connectivity index (χ0n) is 15.0. The number of alkyl halides is 3. The Morgan fingerprint density at radius 2 is 2.00 bits per heavy atom. The van der Waals surface area contributed by atoms with Crippen LogP contribution in [0.2, 0.25) is 0 Å². The van der Waals surface area contributed by atoms with Crippen molar-refractivity contribution in [2.45, 2.75) is 32.7 Å². The van der Waals surface area contributed by atoms with Gasteiger partial charge in [-0.25, -0.2) is 4.98 Å². The number of rotatable bonds is 7. The van der Waals surface area contributed by atoms with Gasteiger partial charge in [0.25, 0.3) is 0 Å². The lowest BCUT2D eigenvalue weighted by molar-refractivity contribution is -0.137. The third kappa shape index (κ3) is 4.73. The van der Waals surface area contributed by atoms with Crippen molar-refractivity contribution in [2.75, 3.05) is 0 Å². The number of aromatic nitrogens is 4. The molecule has 0 spiro atoms. The van der Waals surface area contributed by atoms with Crippen LogP contribution in [-0.2, 0) is 13.2 Å². The van der Waals surface area contributed by atoms with Gasteiger partial charge in [0.15, 0.2) is 6.29 Å². The zero-order chi connectivity index (χ0) is 20.1. The first kappa shape index (κ1) is 19.5. The van der Waals surface area contributed by atoms with E-state index in [9.17, 15) is 18.0 Å². The van der Waals surface area contributed by atoms with Gasteiger partial charge in [0.05, 0.1) is 24.4 Å². The van der Waals surface area contributed by atoms with Crippen LogP contribution in [0.4, 0.5) is 13.2 Å². The Hall–Kier alpha value is -3.23. The number of hydrogen-bond acceptors (Lipinski definition) is 5. The predicted octanol–water partition coefficient (Wildman–Crippen LogP) is 3.99. The van der Waals surface area contributed by atoms with Gasteiger partial charge in [-0.1, -0.05) is 6.07 Å². The minimum atomic E-state index is -4.27. The van der Waals surface area contributed by atoms with Crippen LogP contribution in [0, 0.1) is 6.92 Å². The molecule has 6 nitrogen and oxygen atoms in total. The van der Waals surface area contributed by atoms with Crippen molar-refractivity contribution in [3.8, 4) is 17.1 Å². The Labute approximate surface area is 159 Å². The van der Waals surface area contributed by atoms with Gasteiger partial charge >= 0.3 is 6.18 Å². The molecule has 0 fully saturated rings. The van der Waals surface area contributed by atoms with Crippen molar-refractivity contribution in [1.82, 2.24) is 19.7 Å². The molecule has 0 amide bonds. The summed E-state index contributed by atoms with van der Waals surface area (Å²) in [6, 6.07) is 8.43. The van der Waals surface area contributed by atoms with Crippen LogP contribution < -0.4 is 4.74 Å². The van der Waals surface area contributed by atoms with Crippen LogP contribution >= 0.6 is 0 Å². The van der Waals surface area contributed by atoms with Gasteiger partial charge in [0.1, 0.15) is 18.1 Å². The largest absolute Gasteiger partial charge is 0.486 e. The minimum absolute atomic E-state index is 0.0687. The van der Waals surface area contributed by atoms with Crippen molar-refractivity contribution in [3.05, 3.63) is 59.7 Å². The Morgan fingerprint density at radius 1 is 1.18 bits per heavy atom.